The predicted octanol–water partition coefficient (Wildman–Crippen LogP) is 1.36. The number of benzene rings is 1. The van der Waals surface area contributed by atoms with E-state index in [-0.39, 0.29) is 24.0 Å². The van der Waals surface area contributed by atoms with Crippen LogP contribution in [0.15, 0.2) is 24.3 Å². The summed E-state index contributed by atoms with van der Waals surface area (Å²) in [6, 6.07) is 3.71. The lowest BCUT2D eigenvalue weighted by Crippen LogP contribution is -2.75. The maximum Gasteiger partial charge on any atom is 0.165 e. The van der Waals surface area contributed by atoms with Crippen molar-refractivity contribution in [2.45, 2.75) is 49.0 Å². The Morgan fingerprint density at radius 3 is 3.04 bits per heavy atom. The maximum atomic E-state index is 11.8. The van der Waals surface area contributed by atoms with E-state index < -0.39 is 11.0 Å². The minimum Gasteiger partial charge on any atom is -0.504 e. The Bertz CT molecular complexity index is 747. The van der Waals surface area contributed by atoms with E-state index in [1.54, 1.807) is 6.07 Å². The van der Waals surface area contributed by atoms with Crippen LogP contribution in [0.5, 0.6) is 11.5 Å². The van der Waals surface area contributed by atoms with E-state index in [2.05, 4.69) is 11.9 Å². The summed E-state index contributed by atoms with van der Waals surface area (Å²) in [6.07, 6.45) is 4.93. The van der Waals surface area contributed by atoms with Crippen LogP contribution in [0.4, 0.5) is 0 Å². The van der Waals surface area contributed by atoms with Crippen LogP contribution < -0.4 is 4.74 Å². The highest BCUT2D eigenvalue weighted by Gasteiger charge is 2.71. The lowest BCUT2D eigenvalue weighted by atomic mass is 9.50. The highest BCUT2D eigenvalue weighted by Crippen LogP contribution is 2.64. The van der Waals surface area contributed by atoms with Gasteiger partial charge in [0.15, 0.2) is 11.5 Å². The molecular weight excluding hydrogens is 306 g/mol. The Morgan fingerprint density at radius 2 is 2.25 bits per heavy atom. The fourth-order valence-electron chi connectivity index (χ4n) is 5.60. The van der Waals surface area contributed by atoms with E-state index in [1.165, 1.54) is 5.56 Å². The molecule has 5 atom stereocenters. The van der Waals surface area contributed by atoms with E-state index >= 15 is 0 Å². The van der Waals surface area contributed by atoms with E-state index in [1.807, 2.05) is 25.1 Å². The smallest absolute Gasteiger partial charge is 0.165 e. The van der Waals surface area contributed by atoms with Crippen molar-refractivity contribution in [2.75, 3.05) is 20.2 Å². The molecule has 0 radical (unpaired) electrons. The van der Waals surface area contributed by atoms with Gasteiger partial charge in [0.05, 0.1) is 5.41 Å². The third-order valence-electron chi connectivity index (χ3n) is 6.62. The van der Waals surface area contributed by atoms with Crippen LogP contribution in [0.1, 0.15) is 24.5 Å². The Labute approximate surface area is 141 Å². The summed E-state index contributed by atoms with van der Waals surface area (Å²) in [7, 11) is 2.08. The number of nitrogens with zero attached hydrogens (tertiary/aromatic N) is 1. The summed E-state index contributed by atoms with van der Waals surface area (Å²) in [6.45, 7) is 3.45. The monoisotopic (exact) mass is 329 g/mol. The third kappa shape index (κ3) is 1.43. The number of ether oxygens (including phenoxy) is 2. The first kappa shape index (κ1) is 14.8. The molecule has 0 saturated carbocycles. The van der Waals surface area contributed by atoms with Crippen LogP contribution in [0.3, 0.4) is 0 Å². The van der Waals surface area contributed by atoms with Gasteiger partial charge in [0, 0.05) is 18.2 Å². The fraction of sp³-hybridized carbons (Fsp3) is 0.579. The molecular formula is C19H23NO4. The van der Waals surface area contributed by atoms with Crippen LogP contribution >= 0.6 is 0 Å². The number of phenolic OH excluding ortho intramolecular Hbond substituents is 1. The van der Waals surface area contributed by atoms with Gasteiger partial charge in [0.1, 0.15) is 17.8 Å². The van der Waals surface area contributed by atoms with Gasteiger partial charge in [-0.3, -0.25) is 4.90 Å². The van der Waals surface area contributed by atoms with Crippen LogP contribution in [-0.2, 0) is 16.6 Å². The molecule has 1 spiro atoms. The zero-order valence-corrected chi connectivity index (χ0v) is 14.0. The summed E-state index contributed by atoms with van der Waals surface area (Å²) in [5.74, 6) is 0.708. The third-order valence-corrected chi connectivity index (χ3v) is 6.62. The van der Waals surface area contributed by atoms with Gasteiger partial charge in [0.2, 0.25) is 0 Å². The normalized spacial score (nSPS) is 41.9. The van der Waals surface area contributed by atoms with Gasteiger partial charge in [-0.15, -0.1) is 0 Å². The minimum atomic E-state index is -0.996. The molecule has 1 fully saturated rings. The fourth-order valence-corrected chi connectivity index (χ4v) is 5.60. The first-order chi connectivity index (χ1) is 11.5. The number of hydrogen-bond acceptors (Lipinski definition) is 5. The van der Waals surface area contributed by atoms with Crippen molar-refractivity contribution in [1.82, 2.24) is 4.90 Å². The molecule has 2 heterocycles. The van der Waals surface area contributed by atoms with Crippen molar-refractivity contribution in [3.8, 4) is 11.5 Å². The van der Waals surface area contributed by atoms with E-state index in [9.17, 15) is 10.2 Å². The van der Waals surface area contributed by atoms with E-state index in [4.69, 9.17) is 9.47 Å². The molecule has 1 aromatic carbocycles. The molecule has 5 rings (SSSR count). The van der Waals surface area contributed by atoms with Crippen molar-refractivity contribution in [3.63, 3.8) is 0 Å². The predicted molar refractivity (Wildman–Crippen MR) is 88.4 cm³/mol. The molecule has 2 aliphatic carbocycles. The Morgan fingerprint density at radius 1 is 1.42 bits per heavy atom. The number of rotatable bonds is 2. The molecule has 2 bridgehead atoms. The SMILES string of the molecule is CCO[C@H]1C=C[C@@]2(O)C3Cc4ccc(O)c5c4[C@@]2(CCN3C)C1O5. The van der Waals surface area contributed by atoms with Crippen LogP contribution in [0.25, 0.3) is 0 Å². The van der Waals surface area contributed by atoms with Crippen LogP contribution in [0.2, 0.25) is 0 Å². The highest BCUT2D eigenvalue weighted by molar-refractivity contribution is 5.64. The van der Waals surface area contributed by atoms with Crippen LogP contribution in [0, 0.1) is 0 Å². The highest BCUT2D eigenvalue weighted by atomic mass is 16.6. The molecule has 0 aromatic heterocycles. The standard InChI is InChI=1S/C19H23NO4/c1-3-23-13-6-7-19(22)14-10-11-4-5-12(21)16-15(11)18(19,17(13)24-16)8-9-20(14)2/h4-7,13-14,17,21-22H,3,8-10H2,1-2H3/t13-,14?,17?,18-,19+/m0/s1. The summed E-state index contributed by atoms with van der Waals surface area (Å²) < 4.78 is 12.2. The van der Waals surface area contributed by atoms with Gasteiger partial charge in [0.25, 0.3) is 0 Å². The van der Waals surface area contributed by atoms with Crippen molar-refractivity contribution < 1.29 is 19.7 Å². The lowest BCUT2D eigenvalue weighted by Gasteiger charge is -2.61. The molecule has 128 valence electrons. The summed E-state index contributed by atoms with van der Waals surface area (Å²) in [4.78, 5) is 2.25. The summed E-state index contributed by atoms with van der Waals surface area (Å²) in [5, 5.41) is 22.2. The lowest BCUT2D eigenvalue weighted by molar-refractivity contribution is -0.157. The number of piperidine rings is 1. The largest absolute Gasteiger partial charge is 0.504 e. The van der Waals surface area contributed by atoms with E-state index in [0.717, 1.165) is 24.9 Å². The molecule has 4 aliphatic rings. The number of likely N-dealkylation sites (N-methyl/N-ethyl adjacent to an activating group) is 1. The maximum absolute atomic E-state index is 11.8. The number of likely N-dealkylation sites (tertiary alicyclic amines) is 1. The second kappa shape index (κ2) is 4.54. The molecule has 5 nitrogen and oxygen atoms in total. The Hall–Kier alpha value is -1.56. The zero-order valence-electron chi connectivity index (χ0n) is 14.0. The van der Waals surface area contributed by atoms with Crippen molar-refractivity contribution >= 4 is 0 Å². The van der Waals surface area contributed by atoms with Crippen molar-refractivity contribution in [1.29, 1.82) is 0 Å². The van der Waals surface area contributed by atoms with Crippen LogP contribution in [-0.4, -0.2) is 59.2 Å². The number of phenols is 1. The van der Waals surface area contributed by atoms with Gasteiger partial charge < -0.3 is 19.7 Å². The molecule has 2 unspecified atom stereocenters. The van der Waals surface area contributed by atoms with Gasteiger partial charge in [-0.05, 0) is 45.0 Å². The summed E-state index contributed by atoms with van der Waals surface area (Å²) in [5.41, 5.74) is 0.649. The van der Waals surface area contributed by atoms with Gasteiger partial charge in [-0.25, -0.2) is 0 Å². The molecule has 0 amide bonds. The topological polar surface area (TPSA) is 62.2 Å². The number of aromatic hydroxyl groups is 1. The average Bonchev–Trinajstić information content (AvgIpc) is 2.91. The molecule has 2 N–H and O–H groups in total. The minimum absolute atomic E-state index is 0.0131. The average molecular weight is 329 g/mol. The number of hydrogen-bond donors (Lipinski definition) is 2. The van der Waals surface area contributed by atoms with Crippen molar-refractivity contribution in [3.05, 3.63) is 35.4 Å². The first-order valence-electron chi connectivity index (χ1n) is 8.78. The van der Waals surface area contributed by atoms with Gasteiger partial charge in [-0.2, -0.15) is 0 Å². The summed E-state index contributed by atoms with van der Waals surface area (Å²) >= 11 is 0. The molecule has 1 aromatic rings. The Kier molecular flexibility index (Phi) is 2.79. The first-order valence-corrected chi connectivity index (χ1v) is 8.78. The quantitative estimate of drug-likeness (QED) is 0.802. The molecule has 24 heavy (non-hydrogen) atoms. The van der Waals surface area contributed by atoms with Crippen molar-refractivity contribution in [2.24, 2.45) is 0 Å². The molecule has 2 aliphatic heterocycles. The van der Waals surface area contributed by atoms with E-state index in [0.29, 0.717) is 12.4 Å². The number of aliphatic hydroxyl groups is 1. The van der Waals surface area contributed by atoms with Gasteiger partial charge >= 0.3 is 0 Å². The van der Waals surface area contributed by atoms with Gasteiger partial charge in [-0.1, -0.05) is 18.2 Å². The second-order valence-corrected chi connectivity index (χ2v) is 7.51. The molecule has 5 heteroatoms. The second-order valence-electron chi connectivity index (χ2n) is 7.51. The molecule has 1 saturated heterocycles. The zero-order chi connectivity index (χ0) is 16.7. The Balaban J connectivity index is 1.81.